The van der Waals surface area contributed by atoms with E-state index in [4.69, 9.17) is 0 Å². The number of H-pyrrole nitrogens is 1. The van der Waals surface area contributed by atoms with Crippen LogP contribution in [0.4, 0.5) is 0 Å². The zero-order valence-corrected chi connectivity index (χ0v) is 13.9. The first-order valence-electron chi connectivity index (χ1n) is 7.64. The van der Waals surface area contributed by atoms with Gasteiger partial charge in [-0.2, -0.15) is 0 Å². The lowest BCUT2D eigenvalue weighted by molar-refractivity contribution is 0.200. The third kappa shape index (κ3) is 3.84. The molecule has 1 aromatic heterocycles. The maximum absolute atomic E-state index is 12.3. The molecule has 6 nitrogen and oxygen atoms in total. The van der Waals surface area contributed by atoms with Crippen molar-refractivity contribution in [3.05, 3.63) is 18.2 Å². The SMILES string of the molecule is CC[C@@H]1CN(S(=O)(=O)C(C)C)CC[C@H]1NCc1cnc[nH]1. The summed E-state index contributed by atoms with van der Waals surface area (Å²) in [6.07, 6.45) is 5.32. The molecule has 21 heavy (non-hydrogen) atoms. The van der Waals surface area contributed by atoms with Crippen LogP contribution in [0.2, 0.25) is 0 Å². The van der Waals surface area contributed by atoms with E-state index in [0.717, 1.165) is 25.1 Å². The predicted octanol–water partition coefficient (Wildman–Crippen LogP) is 1.34. The van der Waals surface area contributed by atoms with Gasteiger partial charge in [0, 0.05) is 37.6 Å². The Morgan fingerprint density at radius 1 is 1.52 bits per heavy atom. The van der Waals surface area contributed by atoms with Crippen LogP contribution >= 0.6 is 0 Å². The van der Waals surface area contributed by atoms with Gasteiger partial charge in [0.2, 0.25) is 10.0 Å². The van der Waals surface area contributed by atoms with E-state index >= 15 is 0 Å². The fraction of sp³-hybridized carbons (Fsp3) is 0.786. The number of nitrogens with zero attached hydrogens (tertiary/aromatic N) is 2. The van der Waals surface area contributed by atoms with Crippen molar-refractivity contribution >= 4 is 10.0 Å². The van der Waals surface area contributed by atoms with E-state index in [9.17, 15) is 8.42 Å². The van der Waals surface area contributed by atoms with Crippen LogP contribution in [0.5, 0.6) is 0 Å². The molecule has 1 aliphatic rings. The van der Waals surface area contributed by atoms with Gasteiger partial charge < -0.3 is 10.3 Å². The van der Waals surface area contributed by atoms with Crippen LogP contribution in [0, 0.1) is 5.92 Å². The fourth-order valence-electron chi connectivity index (χ4n) is 2.83. The van der Waals surface area contributed by atoms with Gasteiger partial charge in [0.15, 0.2) is 0 Å². The Labute approximate surface area is 127 Å². The molecule has 0 aromatic carbocycles. The van der Waals surface area contributed by atoms with Crippen molar-refractivity contribution in [1.29, 1.82) is 0 Å². The van der Waals surface area contributed by atoms with Gasteiger partial charge in [-0.25, -0.2) is 17.7 Å². The Balaban J connectivity index is 1.95. The topological polar surface area (TPSA) is 78.1 Å². The molecular formula is C14H26N4O2S. The molecule has 0 radical (unpaired) electrons. The standard InChI is InChI=1S/C14H26N4O2S/c1-4-12-9-18(21(19,20)11(2)3)6-5-14(12)16-8-13-7-15-10-17-13/h7,10-12,14,16H,4-6,8-9H2,1-3H3,(H,15,17)/t12-,14-/m1/s1. The summed E-state index contributed by atoms with van der Waals surface area (Å²) in [6.45, 7) is 7.60. The molecule has 1 fully saturated rings. The first-order chi connectivity index (χ1) is 9.95. The van der Waals surface area contributed by atoms with Crippen molar-refractivity contribution in [1.82, 2.24) is 19.6 Å². The van der Waals surface area contributed by atoms with E-state index in [1.54, 1.807) is 24.5 Å². The highest BCUT2D eigenvalue weighted by Crippen LogP contribution is 2.24. The largest absolute Gasteiger partial charge is 0.347 e. The fourth-order valence-corrected chi connectivity index (χ4v) is 4.19. The second-order valence-electron chi connectivity index (χ2n) is 5.97. The molecule has 0 bridgehead atoms. The molecule has 7 heteroatoms. The number of aromatic amines is 1. The normalized spacial score (nSPS) is 24.6. The summed E-state index contributed by atoms with van der Waals surface area (Å²) in [7, 11) is -3.14. The minimum absolute atomic E-state index is 0.343. The summed E-state index contributed by atoms with van der Waals surface area (Å²) in [6, 6.07) is 0.358. The molecule has 0 amide bonds. The van der Waals surface area contributed by atoms with Crippen molar-refractivity contribution in [2.24, 2.45) is 5.92 Å². The van der Waals surface area contributed by atoms with Gasteiger partial charge in [0.05, 0.1) is 11.6 Å². The summed E-state index contributed by atoms with van der Waals surface area (Å²) in [4.78, 5) is 7.08. The lowest BCUT2D eigenvalue weighted by atomic mass is 9.91. The third-order valence-corrected chi connectivity index (χ3v) is 6.53. The van der Waals surface area contributed by atoms with Crippen LogP contribution in [0.25, 0.3) is 0 Å². The van der Waals surface area contributed by atoms with Gasteiger partial charge in [-0.3, -0.25) is 0 Å². The Bertz CT molecular complexity index is 527. The highest BCUT2D eigenvalue weighted by molar-refractivity contribution is 7.89. The van der Waals surface area contributed by atoms with E-state index in [0.29, 0.717) is 25.0 Å². The second kappa shape index (κ2) is 6.89. The molecule has 0 unspecified atom stereocenters. The number of nitrogens with one attached hydrogen (secondary N) is 2. The van der Waals surface area contributed by atoms with Crippen LogP contribution in [0.3, 0.4) is 0 Å². The monoisotopic (exact) mass is 314 g/mol. The molecule has 2 heterocycles. The molecule has 1 aliphatic heterocycles. The zero-order chi connectivity index (χ0) is 15.5. The Morgan fingerprint density at radius 3 is 2.86 bits per heavy atom. The number of imidazole rings is 1. The van der Waals surface area contributed by atoms with Crippen molar-refractivity contribution < 1.29 is 8.42 Å². The van der Waals surface area contributed by atoms with Crippen molar-refractivity contribution in [2.45, 2.75) is 51.4 Å². The minimum Gasteiger partial charge on any atom is -0.347 e. The lowest BCUT2D eigenvalue weighted by Gasteiger charge is -2.38. The Kier molecular flexibility index (Phi) is 5.40. The number of hydrogen-bond acceptors (Lipinski definition) is 4. The number of sulfonamides is 1. The maximum Gasteiger partial charge on any atom is 0.216 e. The van der Waals surface area contributed by atoms with Crippen molar-refractivity contribution in [2.75, 3.05) is 13.1 Å². The number of rotatable bonds is 6. The smallest absolute Gasteiger partial charge is 0.216 e. The van der Waals surface area contributed by atoms with Crippen molar-refractivity contribution in [3.63, 3.8) is 0 Å². The maximum atomic E-state index is 12.3. The summed E-state index contributed by atoms with van der Waals surface area (Å²) in [5.74, 6) is 0.357. The summed E-state index contributed by atoms with van der Waals surface area (Å²) < 4.78 is 26.2. The molecule has 2 rings (SSSR count). The number of piperidine rings is 1. The molecule has 0 saturated carbocycles. The van der Waals surface area contributed by atoms with Crippen LogP contribution in [-0.2, 0) is 16.6 Å². The Hall–Kier alpha value is -0.920. The molecule has 0 aliphatic carbocycles. The van der Waals surface area contributed by atoms with Gasteiger partial charge in [0.25, 0.3) is 0 Å². The number of hydrogen-bond donors (Lipinski definition) is 2. The van der Waals surface area contributed by atoms with Crippen LogP contribution < -0.4 is 5.32 Å². The van der Waals surface area contributed by atoms with E-state index in [-0.39, 0.29) is 5.25 Å². The van der Waals surface area contributed by atoms with Gasteiger partial charge in [0.1, 0.15) is 0 Å². The van der Waals surface area contributed by atoms with Gasteiger partial charge in [-0.1, -0.05) is 13.3 Å². The van der Waals surface area contributed by atoms with E-state index < -0.39 is 10.0 Å². The van der Waals surface area contributed by atoms with E-state index in [1.165, 1.54) is 0 Å². The molecule has 1 aromatic rings. The molecular weight excluding hydrogens is 288 g/mol. The van der Waals surface area contributed by atoms with Gasteiger partial charge in [-0.05, 0) is 26.2 Å². The number of aromatic nitrogens is 2. The quantitative estimate of drug-likeness (QED) is 0.830. The van der Waals surface area contributed by atoms with Crippen LogP contribution in [-0.4, -0.2) is 47.1 Å². The summed E-state index contributed by atoms with van der Waals surface area (Å²) >= 11 is 0. The van der Waals surface area contributed by atoms with Gasteiger partial charge >= 0.3 is 0 Å². The molecule has 0 spiro atoms. The average molecular weight is 314 g/mol. The summed E-state index contributed by atoms with van der Waals surface area (Å²) in [5.41, 5.74) is 1.06. The third-order valence-electron chi connectivity index (χ3n) is 4.29. The molecule has 120 valence electrons. The first kappa shape index (κ1) is 16.5. The Morgan fingerprint density at radius 2 is 2.29 bits per heavy atom. The van der Waals surface area contributed by atoms with Gasteiger partial charge in [-0.15, -0.1) is 0 Å². The van der Waals surface area contributed by atoms with E-state index in [1.807, 2.05) is 6.20 Å². The highest BCUT2D eigenvalue weighted by Gasteiger charge is 2.34. The predicted molar refractivity (Wildman–Crippen MR) is 83.2 cm³/mol. The van der Waals surface area contributed by atoms with E-state index in [2.05, 4.69) is 22.2 Å². The minimum atomic E-state index is -3.14. The van der Waals surface area contributed by atoms with Crippen LogP contribution in [0.15, 0.2) is 12.5 Å². The zero-order valence-electron chi connectivity index (χ0n) is 13.0. The summed E-state index contributed by atoms with van der Waals surface area (Å²) in [5, 5.41) is 3.19. The van der Waals surface area contributed by atoms with Crippen molar-refractivity contribution in [3.8, 4) is 0 Å². The first-order valence-corrected chi connectivity index (χ1v) is 9.15. The van der Waals surface area contributed by atoms with Crippen LogP contribution in [0.1, 0.15) is 39.3 Å². The average Bonchev–Trinajstić information content (AvgIpc) is 2.97. The molecule has 2 atom stereocenters. The molecule has 1 saturated heterocycles. The highest BCUT2D eigenvalue weighted by atomic mass is 32.2. The second-order valence-corrected chi connectivity index (χ2v) is 8.46. The lowest BCUT2D eigenvalue weighted by Crippen LogP contribution is -2.52. The molecule has 2 N–H and O–H groups in total.